The molecule has 1 unspecified atom stereocenters. The van der Waals surface area contributed by atoms with E-state index < -0.39 is 4.92 Å². The summed E-state index contributed by atoms with van der Waals surface area (Å²) in [5.41, 5.74) is 0.882. The zero-order chi connectivity index (χ0) is 13.8. The number of nitro groups is 1. The molecule has 98 valence electrons. The monoisotopic (exact) mass is 278 g/mol. The predicted octanol–water partition coefficient (Wildman–Crippen LogP) is 3.98. The Balaban J connectivity index is 2.21. The summed E-state index contributed by atoms with van der Waals surface area (Å²) in [6, 6.07) is 9.04. The second-order valence-corrected chi connectivity index (χ2v) is 5.23. The van der Waals surface area contributed by atoms with E-state index >= 15 is 0 Å². The molecule has 2 rings (SSSR count). The highest BCUT2D eigenvalue weighted by Crippen LogP contribution is 2.37. The van der Waals surface area contributed by atoms with Crippen LogP contribution >= 0.6 is 11.8 Å². The Labute approximate surface area is 113 Å². The standard InChI is InChI=1S/C13H11FN2O2S/c1-9(10-4-6-11(14)7-5-10)19-13-12(16(17)18)3-2-8-15-13/h2-9H,1H3. The van der Waals surface area contributed by atoms with Gasteiger partial charge in [0.1, 0.15) is 5.82 Å². The first-order valence-electron chi connectivity index (χ1n) is 5.59. The summed E-state index contributed by atoms with van der Waals surface area (Å²) in [7, 11) is 0. The maximum Gasteiger partial charge on any atom is 0.301 e. The van der Waals surface area contributed by atoms with E-state index in [0.29, 0.717) is 5.03 Å². The normalized spacial score (nSPS) is 12.1. The lowest BCUT2D eigenvalue weighted by atomic mass is 10.2. The average molecular weight is 278 g/mol. The zero-order valence-corrected chi connectivity index (χ0v) is 10.9. The fourth-order valence-electron chi connectivity index (χ4n) is 1.58. The molecule has 0 aliphatic heterocycles. The van der Waals surface area contributed by atoms with E-state index in [1.807, 2.05) is 6.92 Å². The highest BCUT2D eigenvalue weighted by atomic mass is 32.2. The summed E-state index contributed by atoms with van der Waals surface area (Å²) >= 11 is 1.28. The van der Waals surface area contributed by atoms with Crippen molar-refractivity contribution in [3.63, 3.8) is 0 Å². The van der Waals surface area contributed by atoms with Crippen LogP contribution in [0.15, 0.2) is 47.6 Å². The summed E-state index contributed by atoms with van der Waals surface area (Å²) in [4.78, 5) is 14.5. The van der Waals surface area contributed by atoms with Gasteiger partial charge in [0.2, 0.25) is 0 Å². The van der Waals surface area contributed by atoms with Crippen LogP contribution < -0.4 is 0 Å². The Bertz CT molecular complexity index is 589. The third-order valence-corrected chi connectivity index (χ3v) is 3.74. The highest BCUT2D eigenvalue weighted by Gasteiger charge is 2.18. The number of benzene rings is 1. The lowest BCUT2D eigenvalue weighted by molar-refractivity contribution is -0.388. The van der Waals surface area contributed by atoms with Gasteiger partial charge in [-0.3, -0.25) is 10.1 Å². The summed E-state index contributed by atoms with van der Waals surface area (Å²) < 4.78 is 12.8. The quantitative estimate of drug-likeness (QED) is 0.482. The molecule has 19 heavy (non-hydrogen) atoms. The van der Waals surface area contributed by atoms with Gasteiger partial charge in [0.25, 0.3) is 0 Å². The van der Waals surface area contributed by atoms with Crippen molar-refractivity contribution in [3.05, 3.63) is 64.1 Å². The number of hydrogen-bond acceptors (Lipinski definition) is 4. The van der Waals surface area contributed by atoms with Gasteiger partial charge in [-0.25, -0.2) is 9.37 Å². The molecule has 0 saturated heterocycles. The van der Waals surface area contributed by atoms with Gasteiger partial charge in [-0.05, 0) is 30.7 Å². The van der Waals surface area contributed by atoms with Gasteiger partial charge in [-0.2, -0.15) is 0 Å². The van der Waals surface area contributed by atoms with E-state index in [4.69, 9.17) is 0 Å². The molecule has 1 atom stereocenters. The van der Waals surface area contributed by atoms with Crippen molar-refractivity contribution in [1.29, 1.82) is 0 Å². The molecule has 0 saturated carbocycles. The lowest BCUT2D eigenvalue weighted by Gasteiger charge is -2.10. The van der Waals surface area contributed by atoms with Crippen LogP contribution in [0.4, 0.5) is 10.1 Å². The van der Waals surface area contributed by atoms with Crippen LogP contribution in [-0.2, 0) is 0 Å². The molecular formula is C13H11FN2O2S. The highest BCUT2D eigenvalue weighted by molar-refractivity contribution is 7.99. The molecule has 1 aromatic carbocycles. The molecule has 0 bridgehead atoms. The molecule has 2 aromatic rings. The van der Waals surface area contributed by atoms with Crippen molar-refractivity contribution in [2.24, 2.45) is 0 Å². The van der Waals surface area contributed by atoms with Crippen molar-refractivity contribution >= 4 is 17.4 Å². The van der Waals surface area contributed by atoms with Gasteiger partial charge in [-0.1, -0.05) is 23.9 Å². The van der Waals surface area contributed by atoms with Gasteiger partial charge in [0, 0.05) is 17.5 Å². The first-order valence-corrected chi connectivity index (χ1v) is 6.47. The smallest absolute Gasteiger partial charge is 0.258 e. The topological polar surface area (TPSA) is 56.0 Å². The number of hydrogen-bond donors (Lipinski definition) is 0. The number of pyridine rings is 1. The molecule has 0 aliphatic rings. The van der Waals surface area contributed by atoms with Crippen LogP contribution in [0.2, 0.25) is 0 Å². The van der Waals surface area contributed by atoms with E-state index in [1.54, 1.807) is 12.1 Å². The van der Waals surface area contributed by atoms with E-state index in [0.717, 1.165) is 5.56 Å². The van der Waals surface area contributed by atoms with Gasteiger partial charge < -0.3 is 0 Å². The minimum absolute atomic E-state index is 0.0125. The molecule has 0 amide bonds. The van der Waals surface area contributed by atoms with Crippen LogP contribution in [0.25, 0.3) is 0 Å². The Hall–Kier alpha value is -1.95. The van der Waals surface area contributed by atoms with Gasteiger partial charge in [0.05, 0.1) is 4.92 Å². The Morgan fingerprint density at radius 1 is 1.32 bits per heavy atom. The predicted molar refractivity (Wildman–Crippen MR) is 71.6 cm³/mol. The van der Waals surface area contributed by atoms with Crippen LogP contribution in [0, 0.1) is 15.9 Å². The number of nitrogens with zero attached hydrogens (tertiary/aromatic N) is 2. The van der Waals surface area contributed by atoms with Crippen LogP contribution in [0.1, 0.15) is 17.7 Å². The molecule has 0 radical (unpaired) electrons. The Kier molecular flexibility index (Phi) is 4.11. The second kappa shape index (κ2) is 5.79. The molecule has 1 heterocycles. The second-order valence-electron chi connectivity index (χ2n) is 3.90. The first-order chi connectivity index (χ1) is 9.08. The Morgan fingerprint density at radius 3 is 2.63 bits per heavy atom. The van der Waals surface area contributed by atoms with Crippen LogP contribution in [-0.4, -0.2) is 9.91 Å². The van der Waals surface area contributed by atoms with E-state index in [9.17, 15) is 14.5 Å². The SMILES string of the molecule is CC(Sc1ncccc1[N+](=O)[O-])c1ccc(F)cc1. The lowest BCUT2D eigenvalue weighted by Crippen LogP contribution is -1.95. The van der Waals surface area contributed by atoms with Crippen molar-refractivity contribution in [1.82, 2.24) is 4.98 Å². The molecule has 0 N–H and O–H groups in total. The van der Waals surface area contributed by atoms with Crippen molar-refractivity contribution in [2.75, 3.05) is 0 Å². The molecule has 0 spiro atoms. The number of aromatic nitrogens is 1. The third kappa shape index (κ3) is 3.29. The molecule has 6 heteroatoms. The van der Waals surface area contributed by atoms with Crippen LogP contribution in [0.3, 0.4) is 0 Å². The molecule has 0 aliphatic carbocycles. The Morgan fingerprint density at radius 2 is 2.00 bits per heavy atom. The van der Waals surface area contributed by atoms with Crippen molar-refractivity contribution < 1.29 is 9.31 Å². The van der Waals surface area contributed by atoms with Crippen molar-refractivity contribution in [3.8, 4) is 0 Å². The van der Waals surface area contributed by atoms with Crippen molar-refractivity contribution in [2.45, 2.75) is 17.2 Å². The van der Waals surface area contributed by atoms with Gasteiger partial charge in [0.15, 0.2) is 5.03 Å². The molecular weight excluding hydrogens is 267 g/mol. The van der Waals surface area contributed by atoms with Gasteiger partial charge >= 0.3 is 5.69 Å². The van der Waals surface area contributed by atoms with E-state index in [1.165, 1.54) is 42.2 Å². The first kappa shape index (κ1) is 13.5. The van der Waals surface area contributed by atoms with Crippen LogP contribution in [0.5, 0.6) is 0 Å². The fourth-order valence-corrected chi connectivity index (χ4v) is 2.59. The maximum absolute atomic E-state index is 12.8. The summed E-state index contributed by atoms with van der Waals surface area (Å²) in [6.07, 6.45) is 1.52. The number of rotatable bonds is 4. The molecule has 0 fully saturated rings. The zero-order valence-electron chi connectivity index (χ0n) is 10.1. The summed E-state index contributed by atoms with van der Waals surface area (Å²) in [5, 5.41) is 11.2. The average Bonchev–Trinajstić information content (AvgIpc) is 2.39. The molecule has 1 aromatic heterocycles. The minimum atomic E-state index is -0.452. The van der Waals surface area contributed by atoms with E-state index in [2.05, 4.69) is 4.98 Å². The maximum atomic E-state index is 12.8. The summed E-state index contributed by atoms with van der Waals surface area (Å²) in [6.45, 7) is 1.90. The largest absolute Gasteiger partial charge is 0.301 e. The summed E-state index contributed by atoms with van der Waals surface area (Å²) in [5.74, 6) is -0.301. The third-order valence-electron chi connectivity index (χ3n) is 2.58. The van der Waals surface area contributed by atoms with E-state index in [-0.39, 0.29) is 16.8 Å². The molecule has 4 nitrogen and oxygen atoms in total. The number of halogens is 1. The van der Waals surface area contributed by atoms with Gasteiger partial charge in [-0.15, -0.1) is 0 Å². The number of thioether (sulfide) groups is 1. The minimum Gasteiger partial charge on any atom is -0.258 e. The fraction of sp³-hybridized carbons (Fsp3) is 0.154.